The number of benzene rings is 1. The van der Waals surface area contributed by atoms with E-state index in [1.807, 2.05) is 50.4 Å². The molecule has 4 rings (SSSR count). The van der Waals surface area contributed by atoms with Crippen molar-refractivity contribution >= 4 is 23.5 Å². The molecule has 0 saturated carbocycles. The lowest BCUT2D eigenvalue weighted by Crippen LogP contribution is -2.48. The molecule has 3 heterocycles. The molecular formula is C18H19N7O. The molecule has 1 aliphatic heterocycles. The van der Waals surface area contributed by atoms with E-state index in [4.69, 9.17) is 0 Å². The number of amides is 2. The fraction of sp³-hybridized carbons (Fsp3) is 0.222. The van der Waals surface area contributed by atoms with Crippen LogP contribution in [0.1, 0.15) is 19.4 Å². The Morgan fingerprint density at radius 1 is 1.23 bits per heavy atom. The first-order valence-electron chi connectivity index (χ1n) is 8.42. The predicted octanol–water partition coefficient (Wildman–Crippen LogP) is 2.84. The number of rotatable bonds is 4. The number of hydrogen-bond acceptors (Lipinski definition) is 5. The van der Waals surface area contributed by atoms with Crippen LogP contribution in [-0.4, -0.2) is 31.8 Å². The summed E-state index contributed by atoms with van der Waals surface area (Å²) in [5, 5.41) is 10.2. The molecule has 0 spiro atoms. The van der Waals surface area contributed by atoms with Crippen molar-refractivity contribution < 1.29 is 4.79 Å². The zero-order chi connectivity index (χ0) is 18.1. The molecule has 8 nitrogen and oxygen atoms in total. The van der Waals surface area contributed by atoms with Gasteiger partial charge in [-0.3, -0.25) is 4.90 Å². The Morgan fingerprint density at radius 3 is 2.73 bits per heavy atom. The van der Waals surface area contributed by atoms with Crippen molar-refractivity contribution in [3.05, 3.63) is 54.5 Å². The fourth-order valence-electron chi connectivity index (χ4n) is 2.87. The maximum absolute atomic E-state index is 12.1. The number of anilines is 3. The average Bonchev–Trinajstić information content (AvgIpc) is 3.16. The van der Waals surface area contributed by atoms with Gasteiger partial charge in [0.25, 0.3) is 0 Å². The molecule has 8 heteroatoms. The number of fused-ring (bicyclic) bond motifs is 1. The quantitative estimate of drug-likeness (QED) is 0.756. The largest absolute Gasteiger partial charge is 0.333 e. The zero-order valence-corrected chi connectivity index (χ0v) is 14.5. The highest BCUT2D eigenvalue weighted by Gasteiger charge is 2.28. The van der Waals surface area contributed by atoms with Gasteiger partial charge in [0, 0.05) is 42.4 Å². The fourth-order valence-corrected chi connectivity index (χ4v) is 2.87. The van der Waals surface area contributed by atoms with Crippen LogP contribution in [0.15, 0.2) is 48.9 Å². The van der Waals surface area contributed by atoms with E-state index in [-0.39, 0.29) is 12.1 Å². The van der Waals surface area contributed by atoms with E-state index in [1.54, 1.807) is 22.0 Å². The molecule has 1 aliphatic rings. The van der Waals surface area contributed by atoms with Crippen molar-refractivity contribution in [2.75, 3.05) is 10.2 Å². The molecule has 2 N–H and O–H groups in total. The molecule has 1 aromatic carbocycles. The Kier molecular flexibility index (Phi) is 4.00. The molecular weight excluding hydrogens is 330 g/mol. The third-order valence-electron chi connectivity index (χ3n) is 4.13. The third-order valence-corrected chi connectivity index (χ3v) is 4.13. The lowest BCUT2D eigenvalue weighted by molar-refractivity contribution is 0.242. The first-order valence-corrected chi connectivity index (χ1v) is 8.42. The van der Waals surface area contributed by atoms with Crippen molar-refractivity contribution in [2.45, 2.75) is 26.4 Å². The summed E-state index contributed by atoms with van der Waals surface area (Å²) in [4.78, 5) is 22.7. The van der Waals surface area contributed by atoms with Crippen LogP contribution in [0.2, 0.25) is 0 Å². The molecule has 26 heavy (non-hydrogen) atoms. The number of carbonyl (C=O) groups is 1. The predicted molar refractivity (Wildman–Crippen MR) is 98.7 cm³/mol. The summed E-state index contributed by atoms with van der Waals surface area (Å²) in [6, 6.07) is 9.54. The van der Waals surface area contributed by atoms with Crippen molar-refractivity contribution in [1.82, 2.24) is 25.1 Å². The Balaban J connectivity index is 1.58. The van der Waals surface area contributed by atoms with Crippen LogP contribution in [0.25, 0.3) is 5.69 Å². The van der Waals surface area contributed by atoms with Crippen LogP contribution in [0.4, 0.5) is 22.2 Å². The van der Waals surface area contributed by atoms with Crippen LogP contribution < -0.4 is 15.5 Å². The molecule has 0 unspecified atom stereocenters. The van der Waals surface area contributed by atoms with Gasteiger partial charge >= 0.3 is 6.03 Å². The van der Waals surface area contributed by atoms with Gasteiger partial charge in [0.1, 0.15) is 5.82 Å². The van der Waals surface area contributed by atoms with Crippen molar-refractivity contribution in [3.63, 3.8) is 0 Å². The summed E-state index contributed by atoms with van der Waals surface area (Å²) in [5.74, 6) is 1.10. The number of nitrogens with one attached hydrogen (secondary N) is 2. The minimum absolute atomic E-state index is 0.00477. The van der Waals surface area contributed by atoms with Gasteiger partial charge in [0.15, 0.2) is 0 Å². The lowest BCUT2D eigenvalue weighted by atomic mass is 10.2. The van der Waals surface area contributed by atoms with Crippen LogP contribution in [0.5, 0.6) is 0 Å². The van der Waals surface area contributed by atoms with Gasteiger partial charge in [-0.25, -0.2) is 14.5 Å². The van der Waals surface area contributed by atoms with E-state index in [0.717, 1.165) is 16.9 Å². The molecule has 0 aliphatic carbocycles. The Hall–Kier alpha value is -3.42. The average molecular weight is 349 g/mol. The summed E-state index contributed by atoms with van der Waals surface area (Å²) in [6.07, 6.45) is 5.38. The van der Waals surface area contributed by atoms with Crippen molar-refractivity contribution in [2.24, 2.45) is 0 Å². The van der Waals surface area contributed by atoms with Crippen LogP contribution in [0, 0.1) is 0 Å². The zero-order valence-electron chi connectivity index (χ0n) is 14.5. The van der Waals surface area contributed by atoms with E-state index < -0.39 is 0 Å². The monoisotopic (exact) mass is 349 g/mol. The second-order valence-electron chi connectivity index (χ2n) is 6.29. The number of aromatic nitrogens is 4. The first-order chi connectivity index (χ1) is 12.6. The van der Waals surface area contributed by atoms with Gasteiger partial charge in [0.2, 0.25) is 5.95 Å². The van der Waals surface area contributed by atoms with Crippen molar-refractivity contribution in [3.8, 4) is 5.69 Å². The van der Waals surface area contributed by atoms with Crippen molar-refractivity contribution in [1.29, 1.82) is 0 Å². The molecule has 2 aromatic heterocycles. The Morgan fingerprint density at radius 2 is 2.04 bits per heavy atom. The SMILES string of the molecule is CC(C)N1C(=O)NCc2cnc(Nc3ccc(-n4cccn4)cc3)nc21. The van der Waals surface area contributed by atoms with Gasteiger partial charge in [-0.2, -0.15) is 10.1 Å². The first kappa shape index (κ1) is 16.1. The highest BCUT2D eigenvalue weighted by atomic mass is 16.2. The van der Waals surface area contributed by atoms with Crippen LogP contribution in [0.3, 0.4) is 0 Å². The topological polar surface area (TPSA) is 88.0 Å². The number of nitrogens with zero attached hydrogens (tertiary/aromatic N) is 5. The molecule has 0 atom stereocenters. The number of hydrogen-bond donors (Lipinski definition) is 2. The Bertz CT molecular complexity index is 919. The molecule has 2 amide bonds. The molecule has 0 fully saturated rings. The summed E-state index contributed by atoms with van der Waals surface area (Å²) in [5.41, 5.74) is 2.73. The van der Waals surface area contributed by atoms with Gasteiger partial charge in [0.05, 0.1) is 5.69 Å². The molecule has 0 bridgehead atoms. The molecule has 132 valence electrons. The summed E-state index contributed by atoms with van der Waals surface area (Å²) >= 11 is 0. The maximum atomic E-state index is 12.1. The molecule has 3 aromatic rings. The van der Waals surface area contributed by atoms with E-state index in [9.17, 15) is 4.79 Å². The van der Waals surface area contributed by atoms with Gasteiger partial charge in [-0.05, 0) is 44.2 Å². The minimum atomic E-state index is -0.138. The van der Waals surface area contributed by atoms with E-state index >= 15 is 0 Å². The number of carbonyl (C=O) groups excluding carboxylic acids is 1. The number of urea groups is 1. The summed E-state index contributed by atoms with van der Waals surface area (Å²) < 4.78 is 1.79. The van der Waals surface area contributed by atoms with Crippen LogP contribution in [-0.2, 0) is 6.54 Å². The second kappa shape index (κ2) is 6.47. The lowest BCUT2D eigenvalue weighted by Gasteiger charge is -2.31. The maximum Gasteiger partial charge on any atom is 0.323 e. The molecule has 0 radical (unpaired) electrons. The van der Waals surface area contributed by atoms with Crippen LogP contribution >= 0.6 is 0 Å². The van der Waals surface area contributed by atoms with Gasteiger partial charge in [-0.15, -0.1) is 0 Å². The normalized spacial score (nSPS) is 13.5. The van der Waals surface area contributed by atoms with E-state index in [1.165, 1.54) is 0 Å². The van der Waals surface area contributed by atoms with Gasteiger partial charge in [-0.1, -0.05) is 0 Å². The standard InChI is InChI=1S/C18H19N7O/c1-12(2)25-16-13(11-20-18(25)26)10-19-17(23-16)22-14-4-6-15(7-5-14)24-9-3-8-21-24/h3-10,12H,11H2,1-2H3,(H,20,26)(H,19,22,23). The second-order valence-corrected chi connectivity index (χ2v) is 6.29. The van der Waals surface area contributed by atoms with E-state index in [0.29, 0.717) is 18.3 Å². The van der Waals surface area contributed by atoms with Gasteiger partial charge < -0.3 is 10.6 Å². The molecule has 0 saturated heterocycles. The smallest absolute Gasteiger partial charge is 0.323 e. The third kappa shape index (κ3) is 2.97. The van der Waals surface area contributed by atoms with E-state index in [2.05, 4.69) is 25.7 Å². The summed E-state index contributed by atoms with van der Waals surface area (Å²) in [7, 11) is 0. The highest BCUT2D eigenvalue weighted by Crippen LogP contribution is 2.26. The minimum Gasteiger partial charge on any atom is -0.333 e. The summed E-state index contributed by atoms with van der Waals surface area (Å²) in [6.45, 7) is 4.35. The highest BCUT2D eigenvalue weighted by molar-refractivity contribution is 5.94. The Labute approximate surface area is 150 Å².